The van der Waals surface area contributed by atoms with Crippen molar-refractivity contribution in [1.82, 2.24) is 30.2 Å². The van der Waals surface area contributed by atoms with Gasteiger partial charge in [0.1, 0.15) is 29.4 Å². The summed E-state index contributed by atoms with van der Waals surface area (Å²) in [4.78, 5) is 8.41. The van der Waals surface area contributed by atoms with Crippen molar-refractivity contribution in [1.29, 1.82) is 0 Å². The third kappa shape index (κ3) is 6.62. The van der Waals surface area contributed by atoms with Gasteiger partial charge in [0.2, 0.25) is 5.95 Å². The summed E-state index contributed by atoms with van der Waals surface area (Å²) in [7, 11) is -1.33. The van der Waals surface area contributed by atoms with Crippen LogP contribution in [0.25, 0.3) is 33.4 Å². The van der Waals surface area contributed by atoms with Crippen LogP contribution in [0.15, 0.2) is 28.9 Å². The van der Waals surface area contributed by atoms with E-state index >= 15 is 0 Å². The standard InChI is InChI=1S/C28H36F3N7O2Si/c1-17-24(18(2)40-37-17)19-8-9-21-23(13-19)38(16-39-11-12-41(3,4)5)36-25(21)26-22(28(29,30)31)15-33-27(35-26)34-20-7-6-10-32-14-20/h8-9,13,15,20,32H,6-7,10-12,14,16H2,1-5H3,(H,33,34,35)/t20-/m0/s1. The molecule has 2 N–H and O–H groups in total. The number of nitrogens with one attached hydrogen (secondary N) is 2. The summed E-state index contributed by atoms with van der Waals surface area (Å²) in [6, 6.07) is 6.50. The number of ether oxygens (including phenoxy) is 1. The fraction of sp³-hybridized carbons (Fsp3) is 0.500. The van der Waals surface area contributed by atoms with E-state index in [2.05, 4.69) is 50.5 Å². The van der Waals surface area contributed by atoms with E-state index in [0.29, 0.717) is 29.8 Å². The molecule has 1 aromatic carbocycles. The molecule has 4 aromatic rings. The summed E-state index contributed by atoms with van der Waals surface area (Å²) in [5.41, 5.74) is 1.94. The van der Waals surface area contributed by atoms with Crippen molar-refractivity contribution in [3.63, 3.8) is 0 Å². The molecule has 0 bridgehead atoms. The predicted molar refractivity (Wildman–Crippen MR) is 154 cm³/mol. The van der Waals surface area contributed by atoms with Crippen molar-refractivity contribution in [2.75, 3.05) is 25.0 Å². The summed E-state index contributed by atoms with van der Waals surface area (Å²) in [6.45, 7) is 12.7. The summed E-state index contributed by atoms with van der Waals surface area (Å²) in [5, 5.41) is 15.7. The van der Waals surface area contributed by atoms with E-state index in [1.807, 2.05) is 26.0 Å². The van der Waals surface area contributed by atoms with Crippen molar-refractivity contribution in [2.45, 2.75) is 71.3 Å². The molecular formula is C28H36F3N7O2Si. The number of aromatic nitrogens is 5. The molecule has 1 saturated heterocycles. The third-order valence-electron chi connectivity index (χ3n) is 7.23. The molecule has 0 saturated carbocycles. The highest BCUT2D eigenvalue weighted by molar-refractivity contribution is 6.76. The number of fused-ring (bicyclic) bond motifs is 1. The zero-order valence-electron chi connectivity index (χ0n) is 24.0. The number of halogens is 3. The van der Waals surface area contributed by atoms with Gasteiger partial charge in [0.25, 0.3) is 0 Å². The average Bonchev–Trinajstić information content (AvgIpc) is 3.44. The van der Waals surface area contributed by atoms with Crippen molar-refractivity contribution < 1.29 is 22.4 Å². The number of hydrogen-bond acceptors (Lipinski definition) is 8. The number of rotatable bonds is 9. The van der Waals surface area contributed by atoms with Gasteiger partial charge in [-0.1, -0.05) is 30.9 Å². The Bertz CT molecular complexity index is 1500. The van der Waals surface area contributed by atoms with Gasteiger partial charge in [0.15, 0.2) is 0 Å². The van der Waals surface area contributed by atoms with E-state index in [-0.39, 0.29) is 30.1 Å². The van der Waals surface area contributed by atoms with Crippen molar-refractivity contribution in [3.8, 4) is 22.5 Å². The minimum atomic E-state index is -4.67. The molecule has 13 heteroatoms. The predicted octanol–water partition coefficient (Wildman–Crippen LogP) is 6.26. The zero-order valence-corrected chi connectivity index (χ0v) is 25.0. The molecule has 0 aliphatic carbocycles. The number of anilines is 1. The van der Waals surface area contributed by atoms with E-state index in [1.165, 1.54) is 0 Å². The summed E-state index contributed by atoms with van der Waals surface area (Å²) < 4.78 is 55.7. The Hall–Kier alpha value is -3.29. The third-order valence-corrected chi connectivity index (χ3v) is 8.94. The monoisotopic (exact) mass is 587 g/mol. The van der Waals surface area contributed by atoms with Crippen LogP contribution in [0.3, 0.4) is 0 Å². The zero-order chi connectivity index (χ0) is 29.4. The van der Waals surface area contributed by atoms with Gasteiger partial charge < -0.3 is 19.9 Å². The molecule has 41 heavy (non-hydrogen) atoms. The van der Waals surface area contributed by atoms with Crippen molar-refractivity contribution in [3.05, 3.63) is 41.4 Å². The Morgan fingerprint density at radius 1 is 1.20 bits per heavy atom. The first-order valence-electron chi connectivity index (χ1n) is 13.8. The maximum Gasteiger partial charge on any atom is 0.420 e. The van der Waals surface area contributed by atoms with Crippen LogP contribution in [0.4, 0.5) is 19.1 Å². The quantitative estimate of drug-likeness (QED) is 0.175. The van der Waals surface area contributed by atoms with E-state index in [0.717, 1.165) is 48.4 Å². The first kappa shape index (κ1) is 29.2. The minimum Gasteiger partial charge on any atom is -0.361 e. The first-order chi connectivity index (χ1) is 19.4. The Kier molecular flexibility index (Phi) is 8.21. The van der Waals surface area contributed by atoms with Crippen molar-refractivity contribution in [2.24, 2.45) is 0 Å². The summed E-state index contributed by atoms with van der Waals surface area (Å²) >= 11 is 0. The van der Waals surface area contributed by atoms with Gasteiger partial charge in [-0.15, -0.1) is 0 Å². The minimum absolute atomic E-state index is 0.0278. The van der Waals surface area contributed by atoms with Crippen molar-refractivity contribution >= 4 is 24.9 Å². The molecule has 0 radical (unpaired) electrons. The van der Waals surface area contributed by atoms with Crippen LogP contribution in [0.2, 0.25) is 25.7 Å². The lowest BCUT2D eigenvalue weighted by Gasteiger charge is -2.24. The molecule has 0 spiro atoms. The Labute approximate surface area is 237 Å². The Balaban J connectivity index is 1.60. The van der Waals surface area contributed by atoms with Crippen LogP contribution in [0.5, 0.6) is 0 Å². The van der Waals surface area contributed by atoms with E-state index < -0.39 is 19.8 Å². The van der Waals surface area contributed by atoms with Crippen LogP contribution in [-0.4, -0.2) is 58.7 Å². The van der Waals surface area contributed by atoms with Crippen LogP contribution in [-0.2, 0) is 17.6 Å². The van der Waals surface area contributed by atoms with Gasteiger partial charge in [0.05, 0.1) is 11.2 Å². The molecule has 3 aromatic heterocycles. The van der Waals surface area contributed by atoms with Crippen LogP contribution in [0, 0.1) is 13.8 Å². The molecule has 5 rings (SSSR count). The van der Waals surface area contributed by atoms with Gasteiger partial charge in [-0.3, -0.25) is 0 Å². The molecular weight excluding hydrogens is 551 g/mol. The highest BCUT2D eigenvalue weighted by Gasteiger charge is 2.37. The molecule has 0 amide bonds. The van der Waals surface area contributed by atoms with Gasteiger partial charge in [-0.2, -0.15) is 18.3 Å². The number of piperidine rings is 1. The molecule has 220 valence electrons. The number of alkyl halides is 3. The fourth-order valence-electron chi connectivity index (χ4n) is 5.02. The second-order valence-corrected chi connectivity index (χ2v) is 17.4. The van der Waals surface area contributed by atoms with Gasteiger partial charge >= 0.3 is 6.18 Å². The van der Waals surface area contributed by atoms with E-state index in [9.17, 15) is 13.2 Å². The second-order valence-electron chi connectivity index (χ2n) is 11.8. The first-order valence-corrected chi connectivity index (χ1v) is 17.5. The smallest absolute Gasteiger partial charge is 0.361 e. The lowest BCUT2D eigenvalue weighted by Crippen LogP contribution is -2.38. The highest BCUT2D eigenvalue weighted by atomic mass is 28.3. The SMILES string of the molecule is Cc1noc(C)c1-c1ccc2c(-c3nc(N[C@H]4CCCNC4)ncc3C(F)(F)F)nn(COCC[Si](C)(C)C)c2c1. The number of hydrogen-bond donors (Lipinski definition) is 2. The molecule has 1 atom stereocenters. The molecule has 1 fully saturated rings. The van der Waals surface area contributed by atoms with Crippen LogP contribution < -0.4 is 10.6 Å². The topological polar surface area (TPSA) is 103 Å². The normalized spacial score (nSPS) is 16.4. The highest BCUT2D eigenvalue weighted by Crippen LogP contribution is 2.39. The summed E-state index contributed by atoms with van der Waals surface area (Å²) in [6.07, 6.45) is -1.98. The van der Waals surface area contributed by atoms with Gasteiger partial charge in [-0.05, 0) is 57.0 Å². The summed E-state index contributed by atoms with van der Waals surface area (Å²) in [5.74, 6) is 0.797. The molecule has 1 aliphatic heterocycles. The number of nitrogens with zero attached hydrogens (tertiary/aromatic N) is 5. The number of benzene rings is 1. The largest absolute Gasteiger partial charge is 0.420 e. The van der Waals surface area contributed by atoms with Gasteiger partial charge in [0, 0.05) is 44.4 Å². The fourth-order valence-corrected chi connectivity index (χ4v) is 5.78. The second kappa shape index (κ2) is 11.5. The van der Waals surface area contributed by atoms with E-state index in [1.54, 1.807) is 10.7 Å². The molecule has 4 heterocycles. The molecule has 0 unspecified atom stereocenters. The van der Waals surface area contributed by atoms with Gasteiger partial charge in [-0.25, -0.2) is 14.6 Å². The molecule has 1 aliphatic rings. The Morgan fingerprint density at radius 2 is 2.00 bits per heavy atom. The van der Waals surface area contributed by atoms with E-state index in [4.69, 9.17) is 9.26 Å². The average molecular weight is 588 g/mol. The number of aryl methyl sites for hydroxylation is 2. The van der Waals surface area contributed by atoms with Crippen LogP contribution in [0.1, 0.15) is 29.9 Å². The lowest BCUT2D eigenvalue weighted by atomic mass is 10.0. The lowest BCUT2D eigenvalue weighted by molar-refractivity contribution is -0.137. The molecule has 9 nitrogen and oxygen atoms in total. The maximum atomic E-state index is 14.2. The Morgan fingerprint density at radius 3 is 2.66 bits per heavy atom. The maximum absolute atomic E-state index is 14.2. The van der Waals surface area contributed by atoms with Crippen LogP contribution >= 0.6 is 0 Å².